The predicted octanol–water partition coefficient (Wildman–Crippen LogP) is 4.51. The Labute approximate surface area is 126 Å². The van der Waals surface area contributed by atoms with Gasteiger partial charge in [-0.05, 0) is 33.8 Å². The third-order valence-electron chi connectivity index (χ3n) is 2.99. The van der Waals surface area contributed by atoms with Crippen molar-refractivity contribution in [2.24, 2.45) is 10.4 Å². The molecular formula is C13H19BrN2S2. The third-order valence-corrected chi connectivity index (χ3v) is 5.63. The van der Waals surface area contributed by atoms with Crippen LogP contribution in [0.1, 0.15) is 32.1 Å². The smallest absolute Gasteiger partial charge is 0.157 e. The summed E-state index contributed by atoms with van der Waals surface area (Å²) in [5.74, 6) is 1.17. The average molecular weight is 347 g/mol. The van der Waals surface area contributed by atoms with Crippen molar-refractivity contribution in [3.8, 4) is 0 Å². The number of rotatable bonds is 2. The van der Waals surface area contributed by atoms with E-state index in [2.05, 4.69) is 58.5 Å². The second-order valence-electron chi connectivity index (χ2n) is 5.55. The number of thioether (sulfide) groups is 1. The first-order valence-corrected chi connectivity index (χ1v) is 8.77. The van der Waals surface area contributed by atoms with E-state index < -0.39 is 0 Å². The summed E-state index contributed by atoms with van der Waals surface area (Å²) < 4.78 is 1.15. The molecule has 2 nitrogen and oxygen atoms in total. The van der Waals surface area contributed by atoms with Gasteiger partial charge in [0.1, 0.15) is 0 Å². The van der Waals surface area contributed by atoms with Gasteiger partial charge >= 0.3 is 0 Å². The lowest BCUT2D eigenvalue weighted by Gasteiger charge is -2.35. The zero-order valence-corrected chi connectivity index (χ0v) is 14.2. The molecule has 1 N–H and O–H groups in total. The van der Waals surface area contributed by atoms with Crippen molar-refractivity contribution >= 4 is 44.2 Å². The average Bonchev–Trinajstić information content (AvgIpc) is 2.72. The van der Waals surface area contributed by atoms with Crippen LogP contribution in [0.5, 0.6) is 0 Å². The number of halogens is 1. The fourth-order valence-electron chi connectivity index (χ4n) is 1.86. The van der Waals surface area contributed by atoms with Gasteiger partial charge in [-0.1, -0.05) is 32.5 Å². The van der Waals surface area contributed by atoms with Gasteiger partial charge in [0.25, 0.3) is 0 Å². The van der Waals surface area contributed by atoms with E-state index in [0.29, 0.717) is 11.5 Å². The Morgan fingerprint density at radius 1 is 1.50 bits per heavy atom. The second kappa shape index (κ2) is 5.97. The van der Waals surface area contributed by atoms with Crippen LogP contribution in [0.15, 0.2) is 20.9 Å². The van der Waals surface area contributed by atoms with Crippen LogP contribution in [0, 0.1) is 5.41 Å². The van der Waals surface area contributed by atoms with E-state index in [9.17, 15) is 0 Å². The molecule has 5 heteroatoms. The highest BCUT2D eigenvalue weighted by Gasteiger charge is 2.28. The number of nitrogens with one attached hydrogen (secondary N) is 1. The third kappa shape index (κ3) is 4.00. The molecular weight excluding hydrogens is 328 g/mol. The van der Waals surface area contributed by atoms with Crippen molar-refractivity contribution in [2.45, 2.75) is 39.8 Å². The van der Waals surface area contributed by atoms with Crippen molar-refractivity contribution in [1.82, 2.24) is 5.32 Å². The van der Waals surface area contributed by atoms with Crippen molar-refractivity contribution in [3.05, 3.63) is 20.8 Å². The quantitative estimate of drug-likeness (QED) is 0.851. The molecule has 0 aromatic carbocycles. The molecule has 100 valence electrons. The minimum atomic E-state index is 0.299. The molecule has 1 fully saturated rings. The maximum absolute atomic E-state index is 4.69. The first kappa shape index (κ1) is 14.4. The van der Waals surface area contributed by atoms with Gasteiger partial charge in [-0.3, -0.25) is 4.99 Å². The van der Waals surface area contributed by atoms with E-state index in [0.717, 1.165) is 16.2 Å². The van der Waals surface area contributed by atoms with Crippen LogP contribution in [-0.2, 0) is 6.54 Å². The number of hydrogen-bond donors (Lipinski definition) is 1. The van der Waals surface area contributed by atoms with Crippen LogP contribution in [0.4, 0.5) is 0 Å². The van der Waals surface area contributed by atoms with Crippen LogP contribution >= 0.6 is 39.0 Å². The summed E-state index contributed by atoms with van der Waals surface area (Å²) in [6.07, 6.45) is 1.22. The summed E-state index contributed by atoms with van der Waals surface area (Å²) >= 11 is 7.07. The number of amidine groups is 1. The van der Waals surface area contributed by atoms with E-state index in [1.54, 1.807) is 11.3 Å². The Morgan fingerprint density at radius 2 is 2.28 bits per heavy atom. The van der Waals surface area contributed by atoms with Crippen molar-refractivity contribution in [1.29, 1.82) is 0 Å². The molecule has 1 aromatic heterocycles. The molecule has 1 aromatic rings. The highest BCUT2D eigenvalue weighted by Crippen LogP contribution is 2.28. The predicted molar refractivity (Wildman–Crippen MR) is 86.6 cm³/mol. The fourth-order valence-corrected chi connectivity index (χ4v) is 4.17. The van der Waals surface area contributed by atoms with Crippen molar-refractivity contribution < 1.29 is 0 Å². The molecule has 0 saturated carbocycles. The van der Waals surface area contributed by atoms with Crippen LogP contribution in [0.25, 0.3) is 0 Å². The van der Waals surface area contributed by atoms with E-state index in [1.165, 1.54) is 17.1 Å². The summed E-state index contributed by atoms with van der Waals surface area (Å²) in [7, 11) is 0. The Balaban J connectivity index is 1.96. The lowest BCUT2D eigenvalue weighted by molar-refractivity contribution is 0.290. The summed E-state index contributed by atoms with van der Waals surface area (Å²) in [5.41, 5.74) is 0.299. The topological polar surface area (TPSA) is 24.4 Å². The molecule has 1 aliphatic rings. The molecule has 0 spiro atoms. The monoisotopic (exact) mass is 346 g/mol. The largest absolute Gasteiger partial charge is 0.362 e. The first-order chi connectivity index (χ1) is 8.45. The number of aliphatic imine (C=N–C) groups is 1. The Kier molecular flexibility index (Phi) is 4.78. The highest BCUT2D eigenvalue weighted by molar-refractivity contribution is 9.10. The summed E-state index contributed by atoms with van der Waals surface area (Å²) in [5, 5.41) is 6.78. The van der Waals surface area contributed by atoms with Gasteiger partial charge in [-0.15, -0.1) is 11.3 Å². The van der Waals surface area contributed by atoms with E-state index in [4.69, 9.17) is 0 Å². The standard InChI is InChI=1S/C13H19BrN2S2/c1-13(2,3)11-4-5-17-12(16-11)15-7-10-6-9(14)8-18-10/h6,8,11H,4-5,7H2,1-3H3,(H,15,16). The molecule has 2 rings (SSSR count). The summed E-state index contributed by atoms with van der Waals surface area (Å²) in [4.78, 5) is 5.99. The van der Waals surface area contributed by atoms with Gasteiger partial charge < -0.3 is 5.32 Å². The van der Waals surface area contributed by atoms with Gasteiger partial charge in [0.2, 0.25) is 0 Å². The van der Waals surface area contributed by atoms with Gasteiger partial charge in [0.05, 0.1) is 6.54 Å². The van der Waals surface area contributed by atoms with E-state index in [1.807, 2.05) is 11.8 Å². The number of thiophene rings is 1. The Morgan fingerprint density at radius 3 is 2.89 bits per heavy atom. The molecule has 1 aliphatic heterocycles. The molecule has 1 unspecified atom stereocenters. The van der Waals surface area contributed by atoms with E-state index >= 15 is 0 Å². The first-order valence-electron chi connectivity index (χ1n) is 6.12. The summed E-state index contributed by atoms with van der Waals surface area (Å²) in [6.45, 7) is 7.64. The summed E-state index contributed by atoms with van der Waals surface area (Å²) in [6, 6.07) is 2.68. The number of nitrogens with zero attached hydrogens (tertiary/aromatic N) is 1. The Bertz CT molecular complexity index is 434. The van der Waals surface area contributed by atoms with Gasteiger partial charge in [-0.2, -0.15) is 0 Å². The van der Waals surface area contributed by atoms with Gasteiger partial charge in [0, 0.05) is 26.5 Å². The minimum absolute atomic E-state index is 0.299. The zero-order valence-electron chi connectivity index (χ0n) is 11.0. The molecule has 1 atom stereocenters. The maximum Gasteiger partial charge on any atom is 0.157 e. The molecule has 0 aliphatic carbocycles. The molecule has 2 heterocycles. The molecule has 0 bridgehead atoms. The van der Waals surface area contributed by atoms with Crippen LogP contribution in [-0.4, -0.2) is 17.0 Å². The van der Waals surface area contributed by atoms with Crippen LogP contribution in [0.2, 0.25) is 0 Å². The van der Waals surface area contributed by atoms with Gasteiger partial charge in [0.15, 0.2) is 5.17 Å². The van der Waals surface area contributed by atoms with Crippen molar-refractivity contribution in [2.75, 3.05) is 5.75 Å². The molecule has 0 amide bonds. The fraction of sp³-hybridized carbons (Fsp3) is 0.615. The highest BCUT2D eigenvalue weighted by atomic mass is 79.9. The normalized spacial score (nSPS) is 23.1. The lowest BCUT2D eigenvalue weighted by atomic mass is 9.85. The van der Waals surface area contributed by atoms with Crippen molar-refractivity contribution in [3.63, 3.8) is 0 Å². The molecule has 0 radical (unpaired) electrons. The maximum atomic E-state index is 4.69. The molecule has 18 heavy (non-hydrogen) atoms. The zero-order chi connectivity index (χ0) is 13.2. The minimum Gasteiger partial charge on any atom is -0.362 e. The lowest BCUT2D eigenvalue weighted by Crippen LogP contribution is -2.46. The van der Waals surface area contributed by atoms with Crippen LogP contribution in [0.3, 0.4) is 0 Å². The van der Waals surface area contributed by atoms with Gasteiger partial charge in [-0.25, -0.2) is 0 Å². The number of hydrogen-bond acceptors (Lipinski definition) is 3. The van der Waals surface area contributed by atoms with E-state index in [-0.39, 0.29) is 0 Å². The van der Waals surface area contributed by atoms with Crippen LogP contribution < -0.4 is 5.32 Å². The SMILES string of the molecule is CC(C)(C)C1CCSC(=NCc2cc(Br)cs2)N1. The molecule has 1 saturated heterocycles. The second-order valence-corrected chi connectivity index (χ2v) is 8.55. The Hall–Kier alpha value is -0.0000000000000000833.